The predicted octanol–water partition coefficient (Wildman–Crippen LogP) is 2.14. The number of benzene rings is 1. The van der Waals surface area contributed by atoms with E-state index < -0.39 is 0 Å². The maximum absolute atomic E-state index is 12.4. The van der Waals surface area contributed by atoms with E-state index in [9.17, 15) is 9.59 Å². The molecule has 1 aromatic rings. The van der Waals surface area contributed by atoms with Crippen molar-refractivity contribution in [2.24, 2.45) is 5.92 Å². The number of halogens is 1. The molecular formula is C16H24ClN3O2. The van der Waals surface area contributed by atoms with Crippen LogP contribution in [0.15, 0.2) is 24.3 Å². The number of hydrogen-bond donors (Lipinski definition) is 2. The molecule has 0 unspecified atom stereocenters. The second-order valence-electron chi connectivity index (χ2n) is 5.55. The lowest BCUT2D eigenvalue weighted by atomic mass is 9.96. The van der Waals surface area contributed by atoms with Gasteiger partial charge in [-0.1, -0.05) is 0 Å². The van der Waals surface area contributed by atoms with Gasteiger partial charge in [-0.05, 0) is 56.6 Å². The molecule has 0 saturated carbocycles. The van der Waals surface area contributed by atoms with E-state index in [2.05, 4.69) is 10.6 Å². The Morgan fingerprint density at radius 1 is 1.18 bits per heavy atom. The summed E-state index contributed by atoms with van der Waals surface area (Å²) in [7, 11) is 1.97. The fraction of sp³-hybridized carbons (Fsp3) is 0.500. The van der Waals surface area contributed by atoms with Crippen LogP contribution >= 0.6 is 12.4 Å². The summed E-state index contributed by atoms with van der Waals surface area (Å²) in [5, 5.41) is 5.90. The van der Waals surface area contributed by atoms with Crippen LogP contribution in [-0.2, 0) is 4.79 Å². The normalized spacial score (nSPS) is 15.1. The molecule has 122 valence electrons. The summed E-state index contributed by atoms with van der Waals surface area (Å²) >= 11 is 0. The van der Waals surface area contributed by atoms with Gasteiger partial charge in [0.05, 0.1) is 0 Å². The second-order valence-corrected chi connectivity index (χ2v) is 5.55. The van der Waals surface area contributed by atoms with Gasteiger partial charge >= 0.3 is 0 Å². The van der Waals surface area contributed by atoms with Crippen LogP contribution in [0.25, 0.3) is 0 Å². The topological polar surface area (TPSA) is 61.4 Å². The number of nitrogens with zero attached hydrogens (tertiary/aromatic N) is 1. The molecule has 2 amide bonds. The first kappa shape index (κ1) is 18.5. The number of rotatable bonds is 4. The van der Waals surface area contributed by atoms with E-state index in [-0.39, 0.29) is 24.2 Å². The van der Waals surface area contributed by atoms with Gasteiger partial charge in [0.15, 0.2) is 0 Å². The van der Waals surface area contributed by atoms with Crippen molar-refractivity contribution >= 4 is 29.9 Å². The first-order valence-corrected chi connectivity index (χ1v) is 7.41. The summed E-state index contributed by atoms with van der Waals surface area (Å²) < 4.78 is 0. The van der Waals surface area contributed by atoms with Crippen LogP contribution in [0.1, 0.15) is 30.1 Å². The third kappa shape index (κ3) is 5.00. The van der Waals surface area contributed by atoms with E-state index in [4.69, 9.17) is 0 Å². The molecule has 1 heterocycles. The van der Waals surface area contributed by atoms with Crippen molar-refractivity contribution in [3.8, 4) is 0 Å². The van der Waals surface area contributed by atoms with Gasteiger partial charge < -0.3 is 15.5 Å². The first-order valence-electron chi connectivity index (χ1n) is 7.41. The maximum Gasteiger partial charge on any atom is 0.253 e. The van der Waals surface area contributed by atoms with E-state index in [0.29, 0.717) is 17.2 Å². The summed E-state index contributed by atoms with van der Waals surface area (Å²) in [6.45, 7) is 4.12. The van der Waals surface area contributed by atoms with E-state index in [0.717, 1.165) is 32.5 Å². The van der Waals surface area contributed by atoms with Gasteiger partial charge in [-0.25, -0.2) is 0 Å². The molecule has 5 nitrogen and oxygen atoms in total. The molecule has 22 heavy (non-hydrogen) atoms. The fourth-order valence-electron chi connectivity index (χ4n) is 2.71. The Labute approximate surface area is 137 Å². The average Bonchev–Trinajstić information content (AvgIpc) is 2.48. The maximum atomic E-state index is 12.4. The van der Waals surface area contributed by atoms with Crippen molar-refractivity contribution in [2.75, 3.05) is 32.0 Å². The van der Waals surface area contributed by atoms with Gasteiger partial charge in [0.25, 0.3) is 5.91 Å². The smallest absolute Gasteiger partial charge is 0.253 e. The molecule has 0 aromatic heterocycles. The molecule has 1 aliphatic heterocycles. The highest BCUT2D eigenvalue weighted by Crippen LogP contribution is 2.19. The monoisotopic (exact) mass is 325 g/mol. The molecule has 0 atom stereocenters. The van der Waals surface area contributed by atoms with Crippen LogP contribution in [0.5, 0.6) is 0 Å². The minimum Gasteiger partial charge on any atom is -0.339 e. The zero-order valence-corrected chi connectivity index (χ0v) is 13.9. The zero-order valence-electron chi connectivity index (χ0n) is 13.1. The number of piperidine rings is 1. The highest BCUT2D eigenvalue weighted by molar-refractivity contribution is 5.95. The minimum atomic E-state index is -0.110. The number of carbonyl (C=O) groups excluding carboxylic acids is 2. The van der Waals surface area contributed by atoms with E-state index in [1.54, 1.807) is 24.3 Å². The second kappa shape index (κ2) is 8.76. The van der Waals surface area contributed by atoms with E-state index in [1.165, 1.54) is 6.92 Å². The molecule has 1 aliphatic rings. The van der Waals surface area contributed by atoms with Crippen LogP contribution in [0.3, 0.4) is 0 Å². The standard InChI is InChI=1S/C16H23N3O2.ClH/c1-12(20)18-15-5-3-14(4-6-15)16(21)19-9-7-13(8-10-19)11-17-2;/h3-6,13,17H,7-11H2,1-2H3,(H,18,20);1H. The number of carbonyl (C=O) groups is 2. The Kier molecular flexibility index (Phi) is 7.35. The predicted molar refractivity (Wildman–Crippen MR) is 90.5 cm³/mol. The van der Waals surface area contributed by atoms with Gasteiger partial charge in [-0.15, -0.1) is 12.4 Å². The van der Waals surface area contributed by atoms with Crippen LogP contribution < -0.4 is 10.6 Å². The van der Waals surface area contributed by atoms with Crippen molar-refractivity contribution < 1.29 is 9.59 Å². The lowest BCUT2D eigenvalue weighted by Crippen LogP contribution is -2.40. The molecule has 2 N–H and O–H groups in total. The molecule has 1 saturated heterocycles. The molecule has 1 fully saturated rings. The third-order valence-corrected chi connectivity index (χ3v) is 3.85. The minimum absolute atomic E-state index is 0. The number of anilines is 1. The quantitative estimate of drug-likeness (QED) is 0.891. The van der Waals surface area contributed by atoms with Crippen LogP contribution in [0, 0.1) is 5.92 Å². The summed E-state index contributed by atoms with van der Waals surface area (Å²) in [5.74, 6) is 0.633. The number of nitrogens with one attached hydrogen (secondary N) is 2. The van der Waals surface area contributed by atoms with Gasteiger partial charge in [0.1, 0.15) is 0 Å². The number of hydrogen-bond acceptors (Lipinski definition) is 3. The Hall–Kier alpha value is -1.59. The Balaban J connectivity index is 0.00000242. The highest BCUT2D eigenvalue weighted by atomic mass is 35.5. The van der Waals surface area contributed by atoms with Gasteiger partial charge in [0.2, 0.25) is 5.91 Å². The third-order valence-electron chi connectivity index (χ3n) is 3.85. The highest BCUT2D eigenvalue weighted by Gasteiger charge is 2.23. The fourth-order valence-corrected chi connectivity index (χ4v) is 2.71. The SMILES string of the molecule is CNCC1CCN(C(=O)c2ccc(NC(C)=O)cc2)CC1.Cl. The van der Waals surface area contributed by atoms with Crippen LogP contribution in [0.4, 0.5) is 5.69 Å². The summed E-state index contributed by atoms with van der Waals surface area (Å²) in [6.07, 6.45) is 2.10. The molecule has 2 rings (SSSR count). The molecule has 0 spiro atoms. The van der Waals surface area contributed by atoms with Gasteiger partial charge in [-0.3, -0.25) is 9.59 Å². The van der Waals surface area contributed by atoms with Crippen molar-refractivity contribution in [1.29, 1.82) is 0 Å². The van der Waals surface area contributed by atoms with E-state index in [1.807, 2.05) is 11.9 Å². The molecular weight excluding hydrogens is 302 g/mol. The van der Waals surface area contributed by atoms with Gasteiger partial charge in [-0.2, -0.15) is 0 Å². The Morgan fingerprint density at radius 2 is 1.77 bits per heavy atom. The Bertz CT molecular complexity index is 497. The number of amides is 2. The molecule has 0 radical (unpaired) electrons. The molecule has 0 bridgehead atoms. The molecule has 0 aliphatic carbocycles. The first-order chi connectivity index (χ1) is 10.1. The van der Waals surface area contributed by atoms with Crippen molar-refractivity contribution in [3.63, 3.8) is 0 Å². The van der Waals surface area contributed by atoms with Crippen molar-refractivity contribution in [1.82, 2.24) is 10.2 Å². The molecule has 6 heteroatoms. The van der Waals surface area contributed by atoms with Crippen molar-refractivity contribution in [3.05, 3.63) is 29.8 Å². The largest absolute Gasteiger partial charge is 0.339 e. The summed E-state index contributed by atoms with van der Waals surface area (Å²) in [6, 6.07) is 7.07. The number of likely N-dealkylation sites (tertiary alicyclic amines) is 1. The van der Waals surface area contributed by atoms with Gasteiger partial charge in [0, 0.05) is 31.3 Å². The van der Waals surface area contributed by atoms with Crippen LogP contribution in [0.2, 0.25) is 0 Å². The lowest BCUT2D eigenvalue weighted by molar-refractivity contribution is -0.114. The van der Waals surface area contributed by atoms with Crippen molar-refractivity contribution in [2.45, 2.75) is 19.8 Å². The lowest BCUT2D eigenvalue weighted by Gasteiger charge is -2.32. The summed E-state index contributed by atoms with van der Waals surface area (Å²) in [5.41, 5.74) is 1.39. The Morgan fingerprint density at radius 3 is 2.27 bits per heavy atom. The average molecular weight is 326 g/mol. The zero-order chi connectivity index (χ0) is 15.2. The molecule has 1 aromatic carbocycles. The summed E-state index contributed by atoms with van der Waals surface area (Å²) in [4.78, 5) is 25.3. The van der Waals surface area contributed by atoms with Crippen LogP contribution in [-0.4, -0.2) is 43.4 Å². The van der Waals surface area contributed by atoms with E-state index >= 15 is 0 Å².